The van der Waals surface area contributed by atoms with Crippen LogP contribution in [0.1, 0.15) is 61.4 Å². The van der Waals surface area contributed by atoms with Gasteiger partial charge in [-0.05, 0) is 23.5 Å². The molecule has 1 aromatic carbocycles. The lowest BCUT2D eigenvalue weighted by Gasteiger charge is -2.06. The van der Waals surface area contributed by atoms with Gasteiger partial charge in [-0.2, -0.15) is 5.10 Å². The van der Waals surface area contributed by atoms with Crippen molar-refractivity contribution in [2.24, 2.45) is 0 Å². The first-order valence-electron chi connectivity index (χ1n) is 7.41. The number of H-pyrrole nitrogens is 1. The second kappa shape index (κ2) is 5.68. The summed E-state index contributed by atoms with van der Waals surface area (Å²) in [5.74, 6) is 2.15. The molecule has 1 unspecified atom stereocenters. The molecule has 1 aliphatic heterocycles. The summed E-state index contributed by atoms with van der Waals surface area (Å²) < 4.78 is 0. The fourth-order valence-corrected chi connectivity index (χ4v) is 2.57. The van der Waals surface area contributed by atoms with Gasteiger partial charge in [0.25, 0.3) is 0 Å². The Balaban J connectivity index is 1.68. The number of aromatic amines is 1. The van der Waals surface area contributed by atoms with Crippen molar-refractivity contribution in [3.63, 3.8) is 0 Å². The first-order chi connectivity index (χ1) is 10.1. The average Bonchev–Trinajstić information content (AvgIpc) is 3.08. The minimum absolute atomic E-state index is 0.0363. The third-order valence-electron chi connectivity index (χ3n) is 3.87. The summed E-state index contributed by atoms with van der Waals surface area (Å²) in [6.07, 6.45) is 2.07. The summed E-state index contributed by atoms with van der Waals surface area (Å²) >= 11 is 0. The molecule has 1 aromatic heterocycles. The van der Waals surface area contributed by atoms with Crippen molar-refractivity contribution in [3.8, 4) is 0 Å². The molecule has 0 spiro atoms. The Morgan fingerprint density at radius 3 is 2.67 bits per heavy atom. The van der Waals surface area contributed by atoms with Crippen molar-refractivity contribution in [2.75, 3.05) is 0 Å². The highest BCUT2D eigenvalue weighted by Gasteiger charge is 2.25. The summed E-state index contributed by atoms with van der Waals surface area (Å²) in [7, 11) is 0. The van der Waals surface area contributed by atoms with Gasteiger partial charge in [-0.1, -0.05) is 38.1 Å². The van der Waals surface area contributed by atoms with Crippen molar-refractivity contribution in [1.29, 1.82) is 0 Å². The predicted molar refractivity (Wildman–Crippen MR) is 79.8 cm³/mol. The van der Waals surface area contributed by atoms with E-state index >= 15 is 0 Å². The molecule has 3 rings (SSSR count). The third-order valence-corrected chi connectivity index (χ3v) is 3.87. The lowest BCUT2D eigenvalue weighted by molar-refractivity contribution is -0.119. The smallest absolute Gasteiger partial charge is 0.220 e. The lowest BCUT2D eigenvalue weighted by atomic mass is 10.0. The van der Waals surface area contributed by atoms with Crippen LogP contribution in [-0.2, 0) is 11.2 Å². The molecule has 5 nitrogen and oxygen atoms in total. The van der Waals surface area contributed by atoms with Gasteiger partial charge in [-0.15, -0.1) is 0 Å². The second-order valence-corrected chi connectivity index (χ2v) is 5.87. The Hall–Kier alpha value is -2.17. The lowest BCUT2D eigenvalue weighted by Crippen LogP contribution is -2.19. The van der Waals surface area contributed by atoms with Crippen LogP contribution in [-0.4, -0.2) is 21.1 Å². The minimum Gasteiger partial charge on any atom is -0.346 e. The standard InChI is InChI=1S/C16H20N4O/c1-10(2)12-5-3-11(4-6-12)9-14-18-16(20-19-14)13-7-8-15(21)17-13/h3-6,10,13H,7-9H2,1-2H3,(H,17,21)(H,18,19,20). The number of nitrogens with one attached hydrogen (secondary N) is 2. The van der Waals surface area contributed by atoms with E-state index in [0.29, 0.717) is 18.2 Å². The summed E-state index contributed by atoms with van der Waals surface area (Å²) in [6.45, 7) is 4.38. The number of benzene rings is 1. The molecule has 0 aliphatic carbocycles. The summed E-state index contributed by atoms with van der Waals surface area (Å²) in [5.41, 5.74) is 2.54. The molecule has 0 radical (unpaired) electrons. The molecule has 1 aliphatic rings. The van der Waals surface area contributed by atoms with Gasteiger partial charge in [0.1, 0.15) is 5.82 Å². The molecule has 0 bridgehead atoms. The number of carbonyl (C=O) groups is 1. The summed E-state index contributed by atoms with van der Waals surface area (Å²) in [6, 6.07) is 8.55. The van der Waals surface area contributed by atoms with Gasteiger partial charge < -0.3 is 5.32 Å². The maximum absolute atomic E-state index is 11.2. The van der Waals surface area contributed by atoms with Gasteiger partial charge >= 0.3 is 0 Å². The first-order valence-corrected chi connectivity index (χ1v) is 7.41. The first kappa shape index (κ1) is 13.8. The van der Waals surface area contributed by atoms with Crippen LogP contribution in [0.2, 0.25) is 0 Å². The van der Waals surface area contributed by atoms with Gasteiger partial charge in [-0.3, -0.25) is 9.89 Å². The molecule has 110 valence electrons. The molecule has 1 fully saturated rings. The monoisotopic (exact) mass is 284 g/mol. The number of carbonyl (C=O) groups excluding carboxylic acids is 1. The van der Waals surface area contributed by atoms with Crippen LogP contribution in [0.5, 0.6) is 0 Å². The highest BCUT2D eigenvalue weighted by Crippen LogP contribution is 2.21. The van der Waals surface area contributed by atoms with Gasteiger partial charge in [0, 0.05) is 12.8 Å². The highest BCUT2D eigenvalue weighted by molar-refractivity contribution is 5.78. The minimum atomic E-state index is -0.0363. The zero-order valence-electron chi connectivity index (χ0n) is 12.4. The van der Waals surface area contributed by atoms with Gasteiger partial charge in [0.2, 0.25) is 5.91 Å². The Morgan fingerprint density at radius 1 is 1.29 bits per heavy atom. The topological polar surface area (TPSA) is 70.7 Å². The molecule has 2 aromatic rings. The van der Waals surface area contributed by atoms with Gasteiger partial charge in [-0.25, -0.2) is 4.98 Å². The Kier molecular flexibility index (Phi) is 3.73. The molecule has 21 heavy (non-hydrogen) atoms. The van der Waals surface area contributed by atoms with Gasteiger partial charge in [0.15, 0.2) is 5.82 Å². The van der Waals surface area contributed by atoms with Gasteiger partial charge in [0.05, 0.1) is 6.04 Å². The van der Waals surface area contributed by atoms with Crippen LogP contribution < -0.4 is 5.32 Å². The molecular formula is C16H20N4O. The van der Waals surface area contributed by atoms with Crippen LogP contribution in [0.25, 0.3) is 0 Å². The Labute approximate surface area is 124 Å². The van der Waals surface area contributed by atoms with E-state index in [-0.39, 0.29) is 11.9 Å². The molecule has 1 atom stereocenters. The molecule has 2 heterocycles. The molecular weight excluding hydrogens is 264 g/mol. The third kappa shape index (κ3) is 3.12. The fraction of sp³-hybridized carbons (Fsp3) is 0.438. The van der Waals surface area contributed by atoms with Crippen molar-refractivity contribution < 1.29 is 4.79 Å². The maximum Gasteiger partial charge on any atom is 0.220 e. The maximum atomic E-state index is 11.2. The van der Waals surface area contributed by atoms with Crippen LogP contribution in [0.4, 0.5) is 0 Å². The van der Waals surface area contributed by atoms with Crippen LogP contribution in [0.15, 0.2) is 24.3 Å². The largest absolute Gasteiger partial charge is 0.346 e. The Bertz CT molecular complexity index is 630. The molecule has 1 saturated heterocycles. The normalized spacial score (nSPS) is 18.2. The number of aromatic nitrogens is 3. The molecule has 2 N–H and O–H groups in total. The predicted octanol–water partition coefficient (Wildman–Crippen LogP) is 2.47. The van der Waals surface area contributed by atoms with Crippen LogP contribution >= 0.6 is 0 Å². The van der Waals surface area contributed by atoms with Crippen LogP contribution in [0.3, 0.4) is 0 Å². The molecule has 0 saturated carbocycles. The van der Waals surface area contributed by atoms with E-state index in [1.54, 1.807) is 0 Å². The van der Waals surface area contributed by atoms with Crippen LogP contribution in [0, 0.1) is 0 Å². The van der Waals surface area contributed by atoms with E-state index in [1.165, 1.54) is 11.1 Å². The van der Waals surface area contributed by atoms with E-state index < -0.39 is 0 Å². The van der Waals surface area contributed by atoms with E-state index in [0.717, 1.165) is 18.7 Å². The van der Waals surface area contributed by atoms with Crippen molar-refractivity contribution >= 4 is 5.91 Å². The second-order valence-electron chi connectivity index (χ2n) is 5.87. The van der Waals surface area contributed by atoms with E-state index in [4.69, 9.17) is 0 Å². The molecule has 5 heteroatoms. The van der Waals surface area contributed by atoms with Crippen molar-refractivity contribution in [1.82, 2.24) is 20.5 Å². The highest BCUT2D eigenvalue weighted by atomic mass is 16.1. The van der Waals surface area contributed by atoms with Crippen molar-refractivity contribution in [2.45, 2.75) is 45.1 Å². The SMILES string of the molecule is CC(C)c1ccc(Cc2nc(C3CCC(=O)N3)n[nH]2)cc1. The summed E-state index contributed by atoms with van der Waals surface area (Å²) in [4.78, 5) is 15.7. The number of hydrogen-bond acceptors (Lipinski definition) is 3. The average molecular weight is 284 g/mol. The van der Waals surface area contributed by atoms with E-state index in [2.05, 4.69) is 58.6 Å². The fourth-order valence-electron chi connectivity index (χ4n) is 2.57. The zero-order valence-corrected chi connectivity index (χ0v) is 12.4. The van der Waals surface area contributed by atoms with E-state index in [1.807, 2.05) is 0 Å². The number of rotatable bonds is 4. The van der Waals surface area contributed by atoms with Crippen molar-refractivity contribution in [3.05, 3.63) is 47.0 Å². The number of nitrogens with zero attached hydrogens (tertiary/aromatic N) is 2. The zero-order chi connectivity index (χ0) is 14.8. The Morgan fingerprint density at radius 2 is 2.05 bits per heavy atom. The number of amides is 1. The summed E-state index contributed by atoms with van der Waals surface area (Å²) in [5, 5.41) is 10.1. The quantitative estimate of drug-likeness (QED) is 0.906. The van der Waals surface area contributed by atoms with E-state index in [9.17, 15) is 4.79 Å². The molecule has 1 amide bonds. The number of hydrogen-bond donors (Lipinski definition) is 2.